The van der Waals surface area contributed by atoms with Crippen LogP contribution in [0.15, 0.2) is 0 Å². The number of halogens is 1. The summed E-state index contributed by atoms with van der Waals surface area (Å²) in [6.45, 7) is 6.31. The van der Waals surface area contributed by atoms with Crippen LogP contribution < -0.4 is 5.32 Å². The molecular weight excluding hydrogens is 198 g/mol. The van der Waals surface area contributed by atoms with E-state index in [1.807, 2.05) is 0 Å². The number of ether oxygens (including phenoxy) is 1. The van der Waals surface area contributed by atoms with Crippen molar-refractivity contribution in [2.45, 2.75) is 51.2 Å². The van der Waals surface area contributed by atoms with Gasteiger partial charge in [0, 0.05) is 18.0 Å². The Labute approximate surface area is 92.3 Å². The molecule has 0 spiro atoms. The van der Waals surface area contributed by atoms with Crippen LogP contribution in [-0.2, 0) is 4.74 Å². The van der Waals surface area contributed by atoms with E-state index in [9.17, 15) is 0 Å². The Kier molecular flexibility index (Phi) is 5.21. The summed E-state index contributed by atoms with van der Waals surface area (Å²) in [5.41, 5.74) is 0.0974. The van der Waals surface area contributed by atoms with E-state index in [-0.39, 0.29) is 5.54 Å². The van der Waals surface area contributed by atoms with Crippen LogP contribution in [0.3, 0.4) is 0 Å². The summed E-state index contributed by atoms with van der Waals surface area (Å²) in [5.74, 6) is 0.676. The Bertz CT molecular complexity index is 153. The van der Waals surface area contributed by atoms with Crippen LogP contribution in [0.2, 0.25) is 0 Å². The molecule has 1 aliphatic heterocycles. The number of hydrogen-bond donors (Lipinski definition) is 1. The van der Waals surface area contributed by atoms with Crippen LogP contribution in [0.25, 0.3) is 0 Å². The summed E-state index contributed by atoms with van der Waals surface area (Å²) < 4.78 is 5.56. The quantitative estimate of drug-likeness (QED) is 0.694. The SMILES string of the molecule is CCC(C)(CCl)NCCC1CCCO1. The van der Waals surface area contributed by atoms with Crippen LogP contribution in [-0.4, -0.2) is 30.7 Å². The highest BCUT2D eigenvalue weighted by Crippen LogP contribution is 2.16. The monoisotopic (exact) mass is 219 g/mol. The fourth-order valence-corrected chi connectivity index (χ4v) is 1.96. The van der Waals surface area contributed by atoms with Gasteiger partial charge in [-0.05, 0) is 39.2 Å². The Hall–Kier alpha value is 0.210. The zero-order chi connectivity index (χ0) is 10.4. The molecule has 0 amide bonds. The van der Waals surface area contributed by atoms with Crippen LogP contribution >= 0.6 is 11.6 Å². The third-order valence-corrected chi connectivity index (χ3v) is 3.71. The first kappa shape index (κ1) is 12.3. The predicted molar refractivity (Wildman–Crippen MR) is 61.0 cm³/mol. The molecule has 0 aliphatic carbocycles. The molecule has 1 heterocycles. The number of alkyl halides is 1. The normalized spacial score (nSPS) is 26.4. The van der Waals surface area contributed by atoms with Gasteiger partial charge in [-0.25, -0.2) is 0 Å². The molecular formula is C11H22ClNO. The van der Waals surface area contributed by atoms with Crippen LogP contribution in [0, 0.1) is 0 Å². The fourth-order valence-electron chi connectivity index (χ4n) is 1.67. The van der Waals surface area contributed by atoms with E-state index >= 15 is 0 Å². The average Bonchev–Trinajstić information content (AvgIpc) is 2.70. The molecule has 84 valence electrons. The van der Waals surface area contributed by atoms with Crippen LogP contribution in [0.1, 0.15) is 39.5 Å². The van der Waals surface area contributed by atoms with Gasteiger partial charge in [0.15, 0.2) is 0 Å². The first-order valence-corrected chi connectivity index (χ1v) is 6.16. The third-order valence-electron chi connectivity index (χ3n) is 3.12. The molecule has 1 saturated heterocycles. The lowest BCUT2D eigenvalue weighted by atomic mass is 10.0. The second kappa shape index (κ2) is 5.94. The molecule has 0 aromatic heterocycles. The lowest BCUT2D eigenvalue weighted by molar-refractivity contribution is 0.102. The largest absolute Gasteiger partial charge is 0.378 e. The summed E-state index contributed by atoms with van der Waals surface area (Å²) in [6.07, 6.45) is 5.13. The summed E-state index contributed by atoms with van der Waals surface area (Å²) in [4.78, 5) is 0. The van der Waals surface area contributed by atoms with Gasteiger partial charge in [0.25, 0.3) is 0 Å². The molecule has 2 unspecified atom stereocenters. The van der Waals surface area contributed by atoms with E-state index in [0.29, 0.717) is 12.0 Å². The molecule has 0 aromatic carbocycles. The molecule has 1 fully saturated rings. The molecule has 0 saturated carbocycles. The van der Waals surface area contributed by atoms with Gasteiger partial charge in [0.05, 0.1) is 6.10 Å². The summed E-state index contributed by atoms with van der Waals surface area (Å²) >= 11 is 5.91. The summed E-state index contributed by atoms with van der Waals surface area (Å²) in [6, 6.07) is 0. The predicted octanol–water partition coefficient (Wildman–Crippen LogP) is 2.55. The molecule has 0 bridgehead atoms. The molecule has 0 radical (unpaired) electrons. The second-order valence-electron chi connectivity index (χ2n) is 4.40. The molecule has 1 aliphatic rings. The maximum Gasteiger partial charge on any atom is 0.0588 e. The van der Waals surface area contributed by atoms with Gasteiger partial charge in [-0.1, -0.05) is 6.92 Å². The number of rotatable bonds is 6. The van der Waals surface area contributed by atoms with E-state index in [0.717, 1.165) is 26.0 Å². The van der Waals surface area contributed by atoms with E-state index < -0.39 is 0 Å². The maximum absolute atomic E-state index is 5.91. The molecule has 1 rings (SSSR count). The van der Waals surface area contributed by atoms with Crippen molar-refractivity contribution in [2.75, 3.05) is 19.0 Å². The van der Waals surface area contributed by atoms with Crippen molar-refractivity contribution in [2.24, 2.45) is 0 Å². The molecule has 1 N–H and O–H groups in total. The standard InChI is InChI=1S/C11H22ClNO/c1-3-11(2,9-12)13-7-6-10-5-4-8-14-10/h10,13H,3-9H2,1-2H3. The third kappa shape index (κ3) is 3.76. The Morgan fingerprint density at radius 3 is 2.86 bits per heavy atom. The zero-order valence-electron chi connectivity index (χ0n) is 9.31. The van der Waals surface area contributed by atoms with Gasteiger partial charge >= 0.3 is 0 Å². The highest BCUT2D eigenvalue weighted by atomic mass is 35.5. The molecule has 2 nitrogen and oxygen atoms in total. The van der Waals surface area contributed by atoms with Crippen LogP contribution in [0.5, 0.6) is 0 Å². The highest BCUT2D eigenvalue weighted by molar-refractivity contribution is 6.18. The van der Waals surface area contributed by atoms with Gasteiger partial charge in [-0.15, -0.1) is 11.6 Å². The molecule has 2 atom stereocenters. The van der Waals surface area contributed by atoms with Gasteiger partial charge in [-0.2, -0.15) is 0 Å². The Morgan fingerprint density at radius 2 is 2.36 bits per heavy atom. The van der Waals surface area contributed by atoms with E-state index in [1.54, 1.807) is 0 Å². The molecule has 14 heavy (non-hydrogen) atoms. The van der Waals surface area contributed by atoms with Crippen molar-refractivity contribution in [3.05, 3.63) is 0 Å². The lowest BCUT2D eigenvalue weighted by Crippen LogP contribution is -2.44. The summed E-state index contributed by atoms with van der Waals surface area (Å²) in [7, 11) is 0. The molecule has 0 aromatic rings. The Balaban J connectivity index is 2.12. The summed E-state index contributed by atoms with van der Waals surface area (Å²) in [5, 5.41) is 3.51. The van der Waals surface area contributed by atoms with Crippen molar-refractivity contribution < 1.29 is 4.74 Å². The van der Waals surface area contributed by atoms with Crippen LogP contribution in [0.4, 0.5) is 0 Å². The second-order valence-corrected chi connectivity index (χ2v) is 4.67. The minimum atomic E-state index is 0.0974. The van der Waals surface area contributed by atoms with E-state index in [1.165, 1.54) is 12.8 Å². The first-order valence-electron chi connectivity index (χ1n) is 5.63. The fraction of sp³-hybridized carbons (Fsp3) is 1.00. The van der Waals surface area contributed by atoms with Crippen molar-refractivity contribution in [1.29, 1.82) is 0 Å². The smallest absolute Gasteiger partial charge is 0.0588 e. The van der Waals surface area contributed by atoms with Gasteiger partial charge < -0.3 is 10.1 Å². The van der Waals surface area contributed by atoms with E-state index in [4.69, 9.17) is 16.3 Å². The zero-order valence-corrected chi connectivity index (χ0v) is 10.1. The van der Waals surface area contributed by atoms with E-state index in [2.05, 4.69) is 19.2 Å². The highest BCUT2D eigenvalue weighted by Gasteiger charge is 2.21. The minimum Gasteiger partial charge on any atom is -0.378 e. The molecule has 3 heteroatoms. The van der Waals surface area contributed by atoms with Crippen molar-refractivity contribution >= 4 is 11.6 Å². The van der Waals surface area contributed by atoms with Gasteiger partial charge in [0.2, 0.25) is 0 Å². The number of hydrogen-bond acceptors (Lipinski definition) is 2. The van der Waals surface area contributed by atoms with Crippen molar-refractivity contribution in [1.82, 2.24) is 5.32 Å². The first-order chi connectivity index (χ1) is 6.70. The topological polar surface area (TPSA) is 21.3 Å². The lowest BCUT2D eigenvalue weighted by Gasteiger charge is -2.27. The minimum absolute atomic E-state index is 0.0974. The van der Waals surface area contributed by atoms with Gasteiger partial charge in [-0.3, -0.25) is 0 Å². The Morgan fingerprint density at radius 1 is 1.57 bits per heavy atom. The average molecular weight is 220 g/mol. The van der Waals surface area contributed by atoms with Crippen molar-refractivity contribution in [3.63, 3.8) is 0 Å². The number of nitrogens with one attached hydrogen (secondary N) is 1. The van der Waals surface area contributed by atoms with Crippen molar-refractivity contribution in [3.8, 4) is 0 Å². The maximum atomic E-state index is 5.91. The van der Waals surface area contributed by atoms with Gasteiger partial charge in [0.1, 0.15) is 0 Å².